The molecule has 2 atom stereocenters. The topological polar surface area (TPSA) is 21.3 Å². The third-order valence-electron chi connectivity index (χ3n) is 3.36. The molecule has 1 aliphatic rings. The maximum absolute atomic E-state index is 6.24. The molecule has 1 aliphatic heterocycles. The maximum atomic E-state index is 6.24. The summed E-state index contributed by atoms with van der Waals surface area (Å²) in [6, 6.07) is 5.95. The minimum atomic E-state index is 0.263. The van der Waals surface area contributed by atoms with Crippen molar-refractivity contribution < 1.29 is 4.74 Å². The highest BCUT2D eigenvalue weighted by molar-refractivity contribution is 6.35. The van der Waals surface area contributed by atoms with E-state index >= 15 is 0 Å². The van der Waals surface area contributed by atoms with Gasteiger partial charge >= 0.3 is 0 Å². The van der Waals surface area contributed by atoms with Crippen LogP contribution in [0, 0.1) is 0 Å². The minimum absolute atomic E-state index is 0.263. The fraction of sp³-hybridized carbons (Fsp3) is 0.571. The molecule has 18 heavy (non-hydrogen) atoms. The van der Waals surface area contributed by atoms with E-state index in [0.29, 0.717) is 11.1 Å². The third-order valence-corrected chi connectivity index (χ3v) is 3.92. The summed E-state index contributed by atoms with van der Waals surface area (Å²) in [5.41, 5.74) is 1.11. The Bertz CT molecular complexity index is 391. The Morgan fingerprint density at radius 2 is 2.28 bits per heavy atom. The van der Waals surface area contributed by atoms with E-state index in [-0.39, 0.29) is 6.04 Å². The quantitative estimate of drug-likeness (QED) is 0.876. The zero-order valence-corrected chi connectivity index (χ0v) is 12.1. The summed E-state index contributed by atoms with van der Waals surface area (Å²) < 4.78 is 5.62. The third kappa shape index (κ3) is 3.61. The fourth-order valence-corrected chi connectivity index (χ4v) is 2.88. The summed E-state index contributed by atoms with van der Waals surface area (Å²) in [5.74, 6) is 0. The number of ether oxygens (including phenoxy) is 1. The Kier molecular flexibility index (Phi) is 5.31. The molecule has 0 amide bonds. The highest BCUT2D eigenvalue weighted by Crippen LogP contribution is 2.28. The Labute approximate surface area is 119 Å². The van der Waals surface area contributed by atoms with Gasteiger partial charge in [-0.2, -0.15) is 0 Å². The molecule has 2 unspecified atom stereocenters. The molecule has 0 aliphatic carbocycles. The van der Waals surface area contributed by atoms with E-state index in [1.807, 2.05) is 12.1 Å². The van der Waals surface area contributed by atoms with E-state index in [4.69, 9.17) is 27.9 Å². The number of halogens is 2. The summed E-state index contributed by atoms with van der Waals surface area (Å²) in [7, 11) is 0. The zero-order valence-electron chi connectivity index (χ0n) is 10.6. The Morgan fingerprint density at radius 1 is 1.44 bits per heavy atom. The first-order valence-electron chi connectivity index (χ1n) is 6.50. The predicted octanol–water partition coefficient (Wildman–Crippen LogP) is 4.21. The predicted molar refractivity (Wildman–Crippen MR) is 76.5 cm³/mol. The van der Waals surface area contributed by atoms with Crippen LogP contribution >= 0.6 is 23.2 Å². The van der Waals surface area contributed by atoms with E-state index < -0.39 is 0 Å². The lowest BCUT2D eigenvalue weighted by Gasteiger charge is -2.21. The van der Waals surface area contributed by atoms with Gasteiger partial charge in [0.25, 0.3) is 0 Å². The first kappa shape index (κ1) is 14.1. The summed E-state index contributed by atoms with van der Waals surface area (Å²) >= 11 is 12.2. The molecule has 1 aromatic carbocycles. The largest absolute Gasteiger partial charge is 0.377 e. The lowest BCUT2D eigenvalue weighted by atomic mass is 10.0. The highest BCUT2D eigenvalue weighted by Gasteiger charge is 2.18. The van der Waals surface area contributed by atoms with Gasteiger partial charge in [0.15, 0.2) is 0 Å². The number of hydrogen-bond donors (Lipinski definition) is 1. The summed E-state index contributed by atoms with van der Waals surface area (Å²) in [6.45, 7) is 3.93. The van der Waals surface area contributed by atoms with Crippen molar-refractivity contribution in [2.24, 2.45) is 0 Å². The monoisotopic (exact) mass is 287 g/mol. The molecule has 0 radical (unpaired) electrons. The minimum Gasteiger partial charge on any atom is -0.377 e. The van der Waals surface area contributed by atoms with Gasteiger partial charge in [0.2, 0.25) is 0 Å². The van der Waals surface area contributed by atoms with Crippen molar-refractivity contribution in [1.29, 1.82) is 0 Å². The van der Waals surface area contributed by atoms with Gasteiger partial charge in [-0.3, -0.25) is 0 Å². The molecule has 0 aromatic heterocycles. The Hall–Kier alpha value is -0.280. The van der Waals surface area contributed by atoms with E-state index in [0.717, 1.165) is 36.6 Å². The van der Waals surface area contributed by atoms with Crippen LogP contribution in [0.15, 0.2) is 18.2 Å². The molecule has 2 nitrogen and oxygen atoms in total. The fourth-order valence-electron chi connectivity index (χ4n) is 2.34. The van der Waals surface area contributed by atoms with E-state index in [2.05, 4.69) is 12.2 Å². The first-order chi connectivity index (χ1) is 8.70. The lowest BCUT2D eigenvalue weighted by molar-refractivity contribution is 0.107. The van der Waals surface area contributed by atoms with Crippen molar-refractivity contribution in [2.45, 2.75) is 38.3 Å². The molecular formula is C14H19Cl2NO. The number of rotatable bonds is 5. The van der Waals surface area contributed by atoms with E-state index in [9.17, 15) is 0 Å². The molecular weight excluding hydrogens is 269 g/mol. The number of nitrogens with one attached hydrogen (secondary N) is 1. The average Bonchev–Trinajstić information content (AvgIpc) is 2.85. The van der Waals surface area contributed by atoms with Crippen molar-refractivity contribution in [3.63, 3.8) is 0 Å². The van der Waals surface area contributed by atoms with E-state index in [1.165, 1.54) is 6.42 Å². The van der Waals surface area contributed by atoms with Crippen molar-refractivity contribution in [3.05, 3.63) is 33.8 Å². The van der Waals surface area contributed by atoms with Gasteiger partial charge in [0.05, 0.1) is 6.10 Å². The molecule has 0 bridgehead atoms. The van der Waals surface area contributed by atoms with Crippen LogP contribution in [0.5, 0.6) is 0 Å². The normalized spacial score (nSPS) is 21.2. The van der Waals surface area contributed by atoms with Gasteiger partial charge in [0.1, 0.15) is 0 Å². The summed E-state index contributed by atoms with van der Waals surface area (Å²) in [6.07, 6.45) is 3.67. The summed E-state index contributed by atoms with van der Waals surface area (Å²) in [5, 5.41) is 4.94. The van der Waals surface area contributed by atoms with Gasteiger partial charge in [-0.05, 0) is 37.0 Å². The molecule has 4 heteroatoms. The van der Waals surface area contributed by atoms with Gasteiger partial charge in [-0.15, -0.1) is 0 Å². The molecule has 0 saturated carbocycles. The van der Waals surface area contributed by atoms with Crippen LogP contribution in [0.1, 0.15) is 37.8 Å². The van der Waals surface area contributed by atoms with Crippen LogP contribution < -0.4 is 5.32 Å². The smallest absolute Gasteiger partial charge is 0.0700 e. The molecule has 1 fully saturated rings. The zero-order chi connectivity index (χ0) is 13.0. The molecule has 100 valence electrons. The van der Waals surface area contributed by atoms with Gasteiger partial charge < -0.3 is 10.1 Å². The van der Waals surface area contributed by atoms with Gasteiger partial charge in [-0.25, -0.2) is 0 Å². The molecule has 1 N–H and O–H groups in total. The van der Waals surface area contributed by atoms with Crippen LogP contribution in [-0.2, 0) is 4.74 Å². The summed E-state index contributed by atoms with van der Waals surface area (Å²) in [4.78, 5) is 0. The second kappa shape index (κ2) is 6.76. The van der Waals surface area contributed by atoms with Crippen molar-refractivity contribution in [1.82, 2.24) is 5.32 Å². The Balaban J connectivity index is 1.98. The Morgan fingerprint density at radius 3 is 2.89 bits per heavy atom. The van der Waals surface area contributed by atoms with Crippen molar-refractivity contribution in [2.75, 3.05) is 13.2 Å². The standard InChI is InChI=1S/C14H19Cl2NO/c1-2-14(17-9-11-4-3-7-18-11)12-6-5-10(15)8-13(12)16/h5-6,8,11,14,17H,2-4,7,9H2,1H3. The van der Waals surface area contributed by atoms with Crippen LogP contribution in [0.25, 0.3) is 0 Å². The van der Waals surface area contributed by atoms with Crippen LogP contribution in [0.4, 0.5) is 0 Å². The van der Waals surface area contributed by atoms with Crippen LogP contribution in [-0.4, -0.2) is 19.3 Å². The SMILES string of the molecule is CCC(NCC1CCCO1)c1ccc(Cl)cc1Cl. The van der Waals surface area contributed by atoms with Crippen LogP contribution in [0.2, 0.25) is 10.0 Å². The number of hydrogen-bond acceptors (Lipinski definition) is 2. The molecule has 1 heterocycles. The highest BCUT2D eigenvalue weighted by atomic mass is 35.5. The van der Waals surface area contributed by atoms with Crippen molar-refractivity contribution >= 4 is 23.2 Å². The second-order valence-electron chi connectivity index (χ2n) is 4.67. The number of benzene rings is 1. The average molecular weight is 288 g/mol. The second-order valence-corrected chi connectivity index (χ2v) is 5.51. The first-order valence-corrected chi connectivity index (χ1v) is 7.26. The van der Waals surface area contributed by atoms with Crippen molar-refractivity contribution in [3.8, 4) is 0 Å². The molecule has 1 aromatic rings. The molecule has 1 saturated heterocycles. The van der Waals surface area contributed by atoms with E-state index in [1.54, 1.807) is 6.07 Å². The lowest BCUT2D eigenvalue weighted by Crippen LogP contribution is -2.30. The van der Waals surface area contributed by atoms with Crippen LogP contribution in [0.3, 0.4) is 0 Å². The van der Waals surface area contributed by atoms with Gasteiger partial charge in [-0.1, -0.05) is 36.2 Å². The molecule has 0 spiro atoms. The van der Waals surface area contributed by atoms with Gasteiger partial charge in [0, 0.05) is 29.2 Å². The maximum Gasteiger partial charge on any atom is 0.0700 e. The molecule has 2 rings (SSSR count).